The number of benzene rings is 2. The Morgan fingerprint density at radius 3 is 2.21 bits per heavy atom. The standard InChI is InChI=1S/C19H23N3O2/c1-2-3-13-21-22-19(24)17-11-9-15(10-12-17)14-20-18(23)16-7-5-4-6-8-16/h4-12,21H,2-3,13-14H2,1H3,(H,20,23)(H,22,24). The fourth-order valence-corrected chi connectivity index (χ4v) is 2.13. The second-order valence-corrected chi connectivity index (χ2v) is 5.48. The molecule has 0 fully saturated rings. The van der Waals surface area contributed by atoms with E-state index >= 15 is 0 Å². The molecule has 0 radical (unpaired) electrons. The first-order chi connectivity index (χ1) is 11.7. The average Bonchev–Trinajstić information content (AvgIpc) is 2.64. The highest BCUT2D eigenvalue weighted by molar-refractivity contribution is 5.94. The third-order valence-corrected chi connectivity index (χ3v) is 3.56. The van der Waals surface area contributed by atoms with E-state index in [2.05, 4.69) is 23.1 Å². The minimum absolute atomic E-state index is 0.113. The monoisotopic (exact) mass is 325 g/mol. The van der Waals surface area contributed by atoms with Crippen LogP contribution >= 0.6 is 0 Å². The van der Waals surface area contributed by atoms with Crippen molar-refractivity contribution in [2.75, 3.05) is 6.54 Å². The Bertz CT molecular complexity index is 654. The largest absolute Gasteiger partial charge is 0.348 e. The number of unbranched alkanes of at least 4 members (excludes halogenated alkanes) is 1. The Morgan fingerprint density at radius 1 is 0.875 bits per heavy atom. The molecule has 0 heterocycles. The van der Waals surface area contributed by atoms with Crippen molar-refractivity contribution in [1.82, 2.24) is 16.2 Å². The van der Waals surface area contributed by atoms with Crippen molar-refractivity contribution in [3.05, 3.63) is 71.3 Å². The Kier molecular flexibility index (Phi) is 6.98. The number of amides is 2. The molecule has 2 aromatic carbocycles. The van der Waals surface area contributed by atoms with Crippen LogP contribution in [0.15, 0.2) is 54.6 Å². The Labute approximate surface area is 142 Å². The van der Waals surface area contributed by atoms with Gasteiger partial charge < -0.3 is 5.32 Å². The van der Waals surface area contributed by atoms with Crippen LogP contribution in [0, 0.1) is 0 Å². The van der Waals surface area contributed by atoms with Crippen LogP contribution in [0.3, 0.4) is 0 Å². The van der Waals surface area contributed by atoms with Crippen LogP contribution < -0.4 is 16.2 Å². The summed E-state index contributed by atoms with van der Waals surface area (Å²) in [6.07, 6.45) is 2.09. The third-order valence-electron chi connectivity index (χ3n) is 3.56. The number of hydrogen-bond donors (Lipinski definition) is 3. The summed E-state index contributed by atoms with van der Waals surface area (Å²) in [5, 5.41) is 2.86. The van der Waals surface area contributed by atoms with Gasteiger partial charge in [0.15, 0.2) is 0 Å². The molecule has 0 aliphatic heterocycles. The highest BCUT2D eigenvalue weighted by Crippen LogP contribution is 2.05. The molecule has 0 atom stereocenters. The molecule has 24 heavy (non-hydrogen) atoms. The van der Waals surface area contributed by atoms with Crippen LogP contribution in [0.2, 0.25) is 0 Å². The van der Waals surface area contributed by atoms with Crippen molar-refractivity contribution < 1.29 is 9.59 Å². The zero-order valence-electron chi connectivity index (χ0n) is 13.8. The lowest BCUT2D eigenvalue weighted by Crippen LogP contribution is -2.37. The van der Waals surface area contributed by atoms with Gasteiger partial charge in [-0.2, -0.15) is 0 Å². The summed E-state index contributed by atoms with van der Waals surface area (Å²) in [5.74, 6) is -0.275. The van der Waals surface area contributed by atoms with Crippen LogP contribution in [0.5, 0.6) is 0 Å². The van der Waals surface area contributed by atoms with Crippen molar-refractivity contribution in [2.24, 2.45) is 0 Å². The molecular formula is C19H23N3O2. The second kappa shape index (κ2) is 9.47. The summed E-state index contributed by atoms with van der Waals surface area (Å²) in [7, 11) is 0. The molecule has 5 nitrogen and oxygen atoms in total. The number of carbonyl (C=O) groups is 2. The maximum Gasteiger partial charge on any atom is 0.265 e. The Morgan fingerprint density at radius 2 is 1.54 bits per heavy atom. The number of hydrogen-bond acceptors (Lipinski definition) is 3. The minimum Gasteiger partial charge on any atom is -0.348 e. The van der Waals surface area contributed by atoms with E-state index in [-0.39, 0.29) is 11.8 Å². The highest BCUT2D eigenvalue weighted by Gasteiger charge is 2.06. The van der Waals surface area contributed by atoms with Gasteiger partial charge in [-0.05, 0) is 36.2 Å². The van der Waals surface area contributed by atoms with E-state index in [9.17, 15) is 9.59 Å². The van der Waals surface area contributed by atoms with Crippen molar-refractivity contribution in [3.8, 4) is 0 Å². The van der Waals surface area contributed by atoms with Gasteiger partial charge in [-0.25, -0.2) is 5.43 Å². The van der Waals surface area contributed by atoms with Crippen LogP contribution in [0.4, 0.5) is 0 Å². The molecule has 3 N–H and O–H groups in total. The maximum atomic E-state index is 12.0. The molecule has 2 aromatic rings. The van der Waals surface area contributed by atoms with Crippen molar-refractivity contribution in [3.63, 3.8) is 0 Å². The normalized spacial score (nSPS) is 10.2. The second-order valence-electron chi connectivity index (χ2n) is 5.48. The Hall–Kier alpha value is -2.66. The fraction of sp³-hybridized carbons (Fsp3) is 0.263. The van der Waals surface area contributed by atoms with Gasteiger partial charge in [0.25, 0.3) is 11.8 Å². The number of nitrogens with one attached hydrogen (secondary N) is 3. The van der Waals surface area contributed by atoms with E-state index in [4.69, 9.17) is 0 Å². The van der Waals surface area contributed by atoms with Crippen LogP contribution in [0.25, 0.3) is 0 Å². The molecule has 0 unspecified atom stereocenters. The summed E-state index contributed by atoms with van der Waals surface area (Å²) in [4.78, 5) is 23.9. The van der Waals surface area contributed by atoms with Gasteiger partial charge >= 0.3 is 0 Å². The molecule has 0 spiro atoms. The van der Waals surface area contributed by atoms with E-state index in [1.54, 1.807) is 24.3 Å². The van der Waals surface area contributed by atoms with Crippen molar-refractivity contribution >= 4 is 11.8 Å². The van der Waals surface area contributed by atoms with E-state index < -0.39 is 0 Å². The zero-order chi connectivity index (χ0) is 17.2. The molecule has 126 valence electrons. The summed E-state index contributed by atoms with van der Waals surface area (Å²) < 4.78 is 0. The lowest BCUT2D eigenvalue weighted by Gasteiger charge is -2.08. The molecule has 2 amide bonds. The molecular weight excluding hydrogens is 302 g/mol. The summed E-state index contributed by atoms with van der Waals surface area (Å²) in [5.41, 5.74) is 7.72. The molecule has 0 saturated heterocycles. The van der Waals surface area contributed by atoms with Gasteiger partial charge in [-0.3, -0.25) is 15.0 Å². The zero-order valence-corrected chi connectivity index (χ0v) is 13.8. The topological polar surface area (TPSA) is 70.2 Å². The van der Waals surface area contributed by atoms with E-state index in [0.29, 0.717) is 17.7 Å². The highest BCUT2D eigenvalue weighted by atomic mass is 16.2. The molecule has 2 rings (SSSR count). The number of rotatable bonds is 8. The summed E-state index contributed by atoms with van der Waals surface area (Å²) in [6.45, 7) is 3.27. The lowest BCUT2D eigenvalue weighted by molar-refractivity contribution is 0.0929. The van der Waals surface area contributed by atoms with E-state index in [0.717, 1.165) is 24.9 Å². The first kappa shape index (κ1) is 17.7. The fourth-order valence-electron chi connectivity index (χ4n) is 2.13. The van der Waals surface area contributed by atoms with Gasteiger partial charge in [0, 0.05) is 24.2 Å². The van der Waals surface area contributed by atoms with Crippen molar-refractivity contribution in [1.29, 1.82) is 0 Å². The molecule has 0 bridgehead atoms. The molecule has 0 aliphatic rings. The molecule has 5 heteroatoms. The van der Waals surface area contributed by atoms with Gasteiger partial charge in [-0.1, -0.05) is 43.7 Å². The molecule has 0 aliphatic carbocycles. The SMILES string of the molecule is CCCCNNC(=O)c1ccc(CNC(=O)c2ccccc2)cc1. The van der Waals surface area contributed by atoms with Gasteiger partial charge in [0.2, 0.25) is 0 Å². The predicted molar refractivity (Wildman–Crippen MR) is 94.4 cm³/mol. The van der Waals surface area contributed by atoms with Crippen molar-refractivity contribution in [2.45, 2.75) is 26.3 Å². The summed E-state index contributed by atoms with van der Waals surface area (Å²) >= 11 is 0. The summed E-state index contributed by atoms with van der Waals surface area (Å²) in [6, 6.07) is 16.3. The Balaban J connectivity index is 1.81. The van der Waals surface area contributed by atoms with Crippen LogP contribution in [-0.2, 0) is 6.54 Å². The smallest absolute Gasteiger partial charge is 0.265 e. The predicted octanol–water partition coefficient (Wildman–Crippen LogP) is 2.65. The van der Waals surface area contributed by atoms with E-state index in [1.807, 2.05) is 30.3 Å². The van der Waals surface area contributed by atoms with Crippen LogP contribution in [-0.4, -0.2) is 18.4 Å². The van der Waals surface area contributed by atoms with Gasteiger partial charge in [-0.15, -0.1) is 0 Å². The first-order valence-corrected chi connectivity index (χ1v) is 8.16. The quantitative estimate of drug-likeness (QED) is 0.516. The number of carbonyl (C=O) groups excluding carboxylic acids is 2. The molecule has 0 aromatic heterocycles. The van der Waals surface area contributed by atoms with E-state index in [1.165, 1.54) is 0 Å². The van der Waals surface area contributed by atoms with Crippen LogP contribution in [0.1, 0.15) is 46.0 Å². The number of hydrazine groups is 1. The molecule has 0 saturated carbocycles. The van der Waals surface area contributed by atoms with Gasteiger partial charge in [0.1, 0.15) is 0 Å². The average molecular weight is 325 g/mol. The lowest BCUT2D eigenvalue weighted by atomic mass is 10.1. The first-order valence-electron chi connectivity index (χ1n) is 8.16. The van der Waals surface area contributed by atoms with Gasteiger partial charge in [0.05, 0.1) is 0 Å². The maximum absolute atomic E-state index is 12.0. The third kappa shape index (κ3) is 5.52. The minimum atomic E-state index is -0.161.